The van der Waals surface area contributed by atoms with Crippen LogP contribution in [0.15, 0.2) is 28.7 Å². The van der Waals surface area contributed by atoms with Crippen LogP contribution in [0.2, 0.25) is 0 Å². The summed E-state index contributed by atoms with van der Waals surface area (Å²) >= 11 is 0. The highest BCUT2D eigenvalue weighted by molar-refractivity contribution is 5.96. The topological polar surface area (TPSA) is 54.3 Å². The molecule has 0 saturated carbocycles. The second-order valence-electron chi connectivity index (χ2n) is 5.52. The van der Waals surface area contributed by atoms with Crippen molar-refractivity contribution in [2.24, 2.45) is 0 Å². The van der Waals surface area contributed by atoms with E-state index in [0.717, 1.165) is 36.9 Å². The van der Waals surface area contributed by atoms with E-state index >= 15 is 0 Å². The minimum absolute atomic E-state index is 0.118. The van der Waals surface area contributed by atoms with Crippen molar-refractivity contribution in [3.8, 4) is 0 Å². The van der Waals surface area contributed by atoms with Gasteiger partial charge in [0.1, 0.15) is 5.58 Å². The molecule has 3 rings (SSSR count). The average molecular weight is 272 g/mol. The van der Waals surface area contributed by atoms with Crippen LogP contribution in [0.3, 0.4) is 0 Å². The first-order chi connectivity index (χ1) is 9.72. The van der Waals surface area contributed by atoms with Crippen molar-refractivity contribution >= 4 is 16.9 Å². The molecule has 1 aliphatic heterocycles. The van der Waals surface area contributed by atoms with Crippen LogP contribution in [0.1, 0.15) is 35.4 Å². The molecule has 20 heavy (non-hydrogen) atoms. The molecule has 1 aromatic heterocycles. The highest BCUT2D eigenvalue weighted by Crippen LogP contribution is 2.20. The summed E-state index contributed by atoms with van der Waals surface area (Å²) in [7, 11) is 0. The molecule has 1 amide bonds. The highest BCUT2D eigenvalue weighted by Gasteiger charge is 2.18. The van der Waals surface area contributed by atoms with Gasteiger partial charge in [0.15, 0.2) is 5.76 Å². The maximum absolute atomic E-state index is 12.2. The molecule has 106 valence electrons. The van der Waals surface area contributed by atoms with Crippen LogP contribution in [0.4, 0.5) is 0 Å². The number of fused-ring (bicyclic) bond motifs is 1. The van der Waals surface area contributed by atoms with Crippen molar-refractivity contribution in [1.82, 2.24) is 10.6 Å². The Kier molecular flexibility index (Phi) is 3.74. The molecule has 4 heteroatoms. The van der Waals surface area contributed by atoms with Gasteiger partial charge in [-0.25, -0.2) is 0 Å². The average Bonchev–Trinajstić information content (AvgIpc) is 2.68. The normalized spacial score (nSPS) is 19.8. The van der Waals surface area contributed by atoms with Gasteiger partial charge < -0.3 is 15.1 Å². The maximum atomic E-state index is 12.2. The molecule has 0 aliphatic carbocycles. The number of nitrogens with one attached hydrogen (secondary N) is 2. The Morgan fingerprint density at radius 1 is 1.35 bits per heavy atom. The summed E-state index contributed by atoms with van der Waals surface area (Å²) < 4.78 is 5.63. The van der Waals surface area contributed by atoms with Crippen molar-refractivity contribution in [2.75, 3.05) is 13.1 Å². The van der Waals surface area contributed by atoms with Crippen molar-refractivity contribution in [3.63, 3.8) is 0 Å². The molecular weight excluding hydrogens is 252 g/mol. The molecule has 2 N–H and O–H groups in total. The first-order valence-corrected chi connectivity index (χ1v) is 7.24. The largest absolute Gasteiger partial charge is 0.451 e. The number of amides is 1. The molecule has 1 saturated heterocycles. The van der Waals surface area contributed by atoms with E-state index in [1.807, 2.05) is 31.2 Å². The molecule has 0 radical (unpaired) electrons. The van der Waals surface area contributed by atoms with Gasteiger partial charge in [-0.2, -0.15) is 0 Å². The Balaban J connectivity index is 1.74. The zero-order valence-corrected chi connectivity index (χ0v) is 11.7. The summed E-state index contributed by atoms with van der Waals surface area (Å²) in [6.07, 6.45) is 3.35. The van der Waals surface area contributed by atoms with E-state index in [-0.39, 0.29) is 11.9 Å². The van der Waals surface area contributed by atoms with Crippen molar-refractivity contribution in [3.05, 3.63) is 35.6 Å². The number of furan rings is 1. The van der Waals surface area contributed by atoms with Gasteiger partial charge in [-0.3, -0.25) is 4.79 Å². The van der Waals surface area contributed by atoms with E-state index in [9.17, 15) is 4.79 Å². The van der Waals surface area contributed by atoms with Crippen molar-refractivity contribution < 1.29 is 9.21 Å². The lowest BCUT2D eigenvalue weighted by molar-refractivity contribution is 0.0909. The zero-order valence-electron chi connectivity index (χ0n) is 11.7. The summed E-state index contributed by atoms with van der Waals surface area (Å²) in [5.74, 6) is 0.280. The van der Waals surface area contributed by atoms with Gasteiger partial charge in [0.05, 0.1) is 0 Å². The summed E-state index contributed by atoms with van der Waals surface area (Å²) in [6, 6.07) is 7.95. The third-order valence-electron chi connectivity index (χ3n) is 3.78. The van der Waals surface area contributed by atoms with Crippen LogP contribution in [-0.2, 0) is 0 Å². The van der Waals surface area contributed by atoms with Gasteiger partial charge in [0.2, 0.25) is 0 Å². The Labute approximate surface area is 118 Å². The van der Waals surface area contributed by atoms with Gasteiger partial charge in [-0.1, -0.05) is 18.1 Å². The molecule has 1 aromatic carbocycles. The van der Waals surface area contributed by atoms with Gasteiger partial charge in [0, 0.05) is 18.0 Å². The molecule has 0 bridgehead atoms. The molecule has 2 heterocycles. The standard InChI is InChI=1S/C16H20N2O2/c1-11-5-6-14-12(8-11)9-15(20-14)16(19)18-13-4-2-3-7-17-10-13/h5-6,8-9,13,17H,2-4,7,10H2,1H3,(H,18,19). The lowest BCUT2D eigenvalue weighted by Gasteiger charge is -2.15. The first-order valence-electron chi connectivity index (χ1n) is 7.24. The number of carbonyl (C=O) groups is 1. The van der Waals surface area contributed by atoms with Gasteiger partial charge in [0.25, 0.3) is 5.91 Å². The molecule has 1 unspecified atom stereocenters. The number of hydrogen-bond acceptors (Lipinski definition) is 3. The second-order valence-corrected chi connectivity index (χ2v) is 5.52. The molecule has 1 atom stereocenters. The fraction of sp³-hybridized carbons (Fsp3) is 0.438. The SMILES string of the molecule is Cc1ccc2oc(C(=O)NC3CCCCNC3)cc2c1. The Bertz CT molecular complexity index is 610. The van der Waals surface area contributed by atoms with Crippen LogP contribution >= 0.6 is 0 Å². The Morgan fingerprint density at radius 3 is 3.15 bits per heavy atom. The third-order valence-corrected chi connectivity index (χ3v) is 3.78. The van der Waals surface area contributed by atoms with Crippen LogP contribution in [0, 0.1) is 6.92 Å². The van der Waals surface area contributed by atoms with Gasteiger partial charge in [-0.15, -0.1) is 0 Å². The number of hydrogen-bond donors (Lipinski definition) is 2. The van der Waals surface area contributed by atoms with E-state index in [2.05, 4.69) is 10.6 Å². The fourth-order valence-electron chi connectivity index (χ4n) is 2.67. The first kappa shape index (κ1) is 13.2. The van der Waals surface area contributed by atoms with E-state index < -0.39 is 0 Å². The number of rotatable bonds is 2. The minimum Gasteiger partial charge on any atom is -0.451 e. The lowest BCUT2D eigenvalue weighted by atomic mass is 10.1. The van der Waals surface area contributed by atoms with Crippen molar-refractivity contribution in [2.45, 2.75) is 32.2 Å². The van der Waals surface area contributed by atoms with Crippen LogP contribution in [0.5, 0.6) is 0 Å². The minimum atomic E-state index is -0.118. The Morgan fingerprint density at radius 2 is 2.25 bits per heavy atom. The predicted molar refractivity (Wildman–Crippen MR) is 78.9 cm³/mol. The summed E-state index contributed by atoms with van der Waals surface area (Å²) in [5, 5.41) is 7.38. The molecule has 0 spiro atoms. The zero-order chi connectivity index (χ0) is 13.9. The smallest absolute Gasteiger partial charge is 0.287 e. The summed E-state index contributed by atoms with van der Waals surface area (Å²) in [6.45, 7) is 3.91. The fourth-order valence-corrected chi connectivity index (χ4v) is 2.67. The second kappa shape index (κ2) is 5.67. The highest BCUT2D eigenvalue weighted by atomic mass is 16.3. The van der Waals surface area contributed by atoms with Gasteiger partial charge >= 0.3 is 0 Å². The maximum Gasteiger partial charge on any atom is 0.287 e. The van der Waals surface area contributed by atoms with Crippen LogP contribution in [-0.4, -0.2) is 25.0 Å². The summed E-state index contributed by atoms with van der Waals surface area (Å²) in [4.78, 5) is 12.2. The lowest BCUT2D eigenvalue weighted by Crippen LogP contribution is -2.40. The van der Waals surface area contributed by atoms with E-state index in [1.54, 1.807) is 0 Å². The van der Waals surface area contributed by atoms with E-state index in [0.29, 0.717) is 5.76 Å². The number of carbonyl (C=O) groups excluding carboxylic acids is 1. The predicted octanol–water partition coefficient (Wildman–Crippen LogP) is 2.61. The molecule has 1 fully saturated rings. The monoisotopic (exact) mass is 272 g/mol. The quantitative estimate of drug-likeness (QED) is 0.883. The number of aryl methyl sites for hydroxylation is 1. The number of benzene rings is 1. The van der Waals surface area contributed by atoms with E-state index in [4.69, 9.17) is 4.42 Å². The third kappa shape index (κ3) is 2.85. The summed E-state index contributed by atoms with van der Waals surface area (Å²) in [5.41, 5.74) is 1.93. The molecule has 4 nitrogen and oxygen atoms in total. The van der Waals surface area contributed by atoms with Crippen LogP contribution in [0.25, 0.3) is 11.0 Å². The van der Waals surface area contributed by atoms with Crippen molar-refractivity contribution in [1.29, 1.82) is 0 Å². The van der Waals surface area contributed by atoms with Crippen LogP contribution < -0.4 is 10.6 Å². The Hall–Kier alpha value is -1.81. The van der Waals surface area contributed by atoms with Gasteiger partial charge in [-0.05, 0) is 44.5 Å². The molecular formula is C16H20N2O2. The molecule has 2 aromatic rings. The molecule has 1 aliphatic rings. The van der Waals surface area contributed by atoms with E-state index in [1.165, 1.54) is 12.0 Å².